The maximum Gasteiger partial charge on any atom is 0.309 e. The van der Waals surface area contributed by atoms with Gasteiger partial charge in [-0.15, -0.1) is 0 Å². The third kappa shape index (κ3) is 9.33. The number of ether oxygens (including phenoxy) is 5. The average molecular weight is 872 g/mol. The summed E-state index contributed by atoms with van der Waals surface area (Å²) >= 11 is 0. The van der Waals surface area contributed by atoms with Gasteiger partial charge in [-0.2, -0.15) is 0 Å². The highest BCUT2D eigenvalue weighted by atomic mass is 19.1. The molecule has 18 atom stereocenters. The van der Waals surface area contributed by atoms with Crippen LogP contribution in [0.5, 0.6) is 0 Å². The average Bonchev–Trinajstić information content (AvgIpc) is 3.58. The molecular formula is C49H74FNO11. The molecule has 0 radical (unpaired) electrons. The number of Topliss-reactive ketones (excluding diaryl/α,β-unsaturated/α-hetero) is 1. The van der Waals surface area contributed by atoms with Crippen molar-refractivity contribution in [1.82, 2.24) is 5.32 Å². The molecule has 5 aliphatic heterocycles. The van der Waals surface area contributed by atoms with Crippen molar-refractivity contribution in [1.29, 1.82) is 0 Å². The Bertz CT molecular complexity index is 1790. The molecule has 4 N–H and O–H groups in total. The number of carboxylic acid groups (broad SMARTS) is 1. The first-order valence-corrected chi connectivity index (χ1v) is 23.5. The standard InChI is InChI=1S/C49H74FNO11/c1-11-35(45(55)56)37-18-17-27(4)42(59-37)31(8)40(52)30(7)41(53)36(12-2)43-28(5)25-29(6)48(60-43)22-19-38(51-44(54)33-15-14-16-34(50)26-33)49(62-48)24-23-46(10,61-49)39-20-21-47(57,13-3)32(9)58-39/h14-16,19,22,26-32,35-40,42-43,52,57H,11-13,17-18,20-21,23-25H2,1-10H3,(H,51,54)(H,55,56)/t27-,28-,29+,30-,31-,32-,35+,36-,37+,38-,39+,40+,42+,43-,46-,47+,48-,49-/m0/s1. The molecule has 0 aliphatic carbocycles. The van der Waals surface area contributed by atoms with Gasteiger partial charge in [-0.25, -0.2) is 4.39 Å². The van der Waals surface area contributed by atoms with Crippen LogP contribution in [0.15, 0.2) is 36.4 Å². The van der Waals surface area contributed by atoms with E-state index < -0.39 is 101 Å². The van der Waals surface area contributed by atoms with E-state index in [9.17, 15) is 34.1 Å². The summed E-state index contributed by atoms with van der Waals surface area (Å²) in [5.74, 6) is -7.44. The molecule has 0 aromatic heterocycles. The highest BCUT2D eigenvalue weighted by Gasteiger charge is 2.63. The number of aliphatic carboxylic acids is 1. The highest BCUT2D eigenvalue weighted by molar-refractivity contribution is 5.94. The number of carbonyl (C=O) groups is 3. The molecule has 0 bridgehead atoms. The predicted octanol–water partition coefficient (Wildman–Crippen LogP) is 7.76. The fourth-order valence-corrected chi connectivity index (χ4v) is 11.5. The Balaban J connectivity index is 1.26. The summed E-state index contributed by atoms with van der Waals surface area (Å²) in [6.07, 6.45) is 5.85. The van der Waals surface area contributed by atoms with Gasteiger partial charge in [-0.1, -0.05) is 67.5 Å². The Kier molecular flexibility index (Phi) is 14.9. The van der Waals surface area contributed by atoms with E-state index in [4.69, 9.17) is 23.7 Å². The second-order valence-corrected chi connectivity index (χ2v) is 19.9. The van der Waals surface area contributed by atoms with E-state index in [1.54, 1.807) is 13.0 Å². The van der Waals surface area contributed by atoms with Crippen LogP contribution in [0.1, 0.15) is 144 Å². The Labute approximate surface area is 368 Å². The third-order valence-electron chi connectivity index (χ3n) is 15.9. The van der Waals surface area contributed by atoms with Gasteiger partial charge in [-0.3, -0.25) is 14.4 Å². The summed E-state index contributed by atoms with van der Waals surface area (Å²) in [5, 5.41) is 36.0. The zero-order valence-corrected chi connectivity index (χ0v) is 38.6. The Morgan fingerprint density at radius 3 is 2.26 bits per heavy atom. The smallest absolute Gasteiger partial charge is 0.309 e. The number of halogens is 1. The fourth-order valence-electron chi connectivity index (χ4n) is 11.5. The quantitative estimate of drug-likeness (QED) is 0.135. The minimum Gasteiger partial charge on any atom is -0.481 e. The van der Waals surface area contributed by atoms with Crippen LogP contribution in [-0.4, -0.2) is 98.4 Å². The number of amides is 1. The van der Waals surface area contributed by atoms with Crippen LogP contribution in [0, 0.1) is 47.2 Å². The second kappa shape index (κ2) is 19.0. The van der Waals surface area contributed by atoms with Gasteiger partial charge in [0.2, 0.25) is 0 Å². The van der Waals surface area contributed by atoms with E-state index in [-0.39, 0.29) is 35.2 Å². The molecule has 348 valence electrons. The summed E-state index contributed by atoms with van der Waals surface area (Å²) in [6, 6.07) is 4.69. The lowest BCUT2D eigenvalue weighted by molar-refractivity contribution is -0.397. The van der Waals surface area contributed by atoms with E-state index >= 15 is 0 Å². The van der Waals surface area contributed by atoms with Crippen LogP contribution in [0.4, 0.5) is 4.39 Å². The van der Waals surface area contributed by atoms with Gasteiger partial charge >= 0.3 is 5.97 Å². The van der Waals surface area contributed by atoms with Gasteiger partial charge in [0.1, 0.15) is 17.6 Å². The summed E-state index contributed by atoms with van der Waals surface area (Å²) in [5.41, 5.74) is -1.66. The van der Waals surface area contributed by atoms with E-state index in [0.717, 1.165) is 6.42 Å². The predicted molar refractivity (Wildman–Crippen MR) is 230 cm³/mol. The molecule has 1 aromatic carbocycles. The first-order chi connectivity index (χ1) is 29.2. The summed E-state index contributed by atoms with van der Waals surface area (Å²) < 4.78 is 48.7. The molecule has 1 amide bonds. The van der Waals surface area contributed by atoms with Crippen LogP contribution < -0.4 is 5.32 Å². The van der Waals surface area contributed by atoms with Crippen LogP contribution in [0.25, 0.3) is 0 Å². The van der Waals surface area contributed by atoms with Crippen molar-refractivity contribution in [3.05, 3.63) is 47.8 Å². The van der Waals surface area contributed by atoms with E-state index in [0.29, 0.717) is 57.8 Å². The lowest BCUT2D eigenvalue weighted by atomic mass is 9.72. The molecule has 62 heavy (non-hydrogen) atoms. The molecule has 0 saturated carbocycles. The zero-order chi connectivity index (χ0) is 45.5. The number of aliphatic hydroxyl groups excluding tert-OH is 1. The van der Waals surface area contributed by atoms with Gasteiger partial charge in [0.15, 0.2) is 11.6 Å². The van der Waals surface area contributed by atoms with Gasteiger partial charge in [0, 0.05) is 35.7 Å². The summed E-state index contributed by atoms with van der Waals surface area (Å²) in [7, 11) is 0. The largest absolute Gasteiger partial charge is 0.481 e. The lowest BCUT2D eigenvalue weighted by Gasteiger charge is -2.55. The Hall–Kier alpha value is -2.78. The molecule has 0 unspecified atom stereocenters. The first kappa shape index (κ1) is 48.7. The van der Waals surface area contributed by atoms with Crippen molar-refractivity contribution < 1.29 is 57.8 Å². The van der Waals surface area contributed by atoms with E-state index in [2.05, 4.69) is 19.2 Å². The topological polar surface area (TPSA) is 170 Å². The number of hydrogen-bond donors (Lipinski definition) is 4. The first-order valence-electron chi connectivity index (χ1n) is 23.5. The number of ketones is 1. The number of nitrogens with one attached hydrogen (secondary N) is 1. The van der Waals surface area contributed by atoms with Crippen LogP contribution >= 0.6 is 0 Å². The fraction of sp³-hybridized carbons (Fsp3) is 0.776. The minimum atomic E-state index is -1.44. The monoisotopic (exact) mass is 872 g/mol. The molecule has 4 fully saturated rings. The maximum atomic E-state index is 14.7. The molecule has 1 aromatic rings. The van der Waals surface area contributed by atoms with Crippen molar-refractivity contribution in [2.24, 2.45) is 41.4 Å². The SMILES string of the molecule is CC[C@@H](C(=O)[C@@H](C)[C@@H](O)[C@H](C)[C@@H]1O[C@@H]([C@@H](CC)C(=O)O)CC[C@@H]1C)[C@H]1O[C@]2(C=C[C@H](NC(=O)c3cccc(F)c3)[C@]3(CC[C@@](C)([C@H]4CC[C@](O)(CC)[C@H](C)O4)O3)O2)[C@H](C)C[C@@H]1C. The lowest BCUT2D eigenvalue weighted by Crippen LogP contribution is -2.65. The number of benzene rings is 1. The van der Waals surface area contributed by atoms with Gasteiger partial charge in [0.05, 0.1) is 53.7 Å². The van der Waals surface area contributed by atoms with Crippen LogP contribution in [0.2, 0.25) is 0 Å². The molecule has 13 heteroatoms. The number of hydrogen-bond acceptors (Lipinski definition) is 10. The van der Waals surface area contributed by atoms with Gasteiger partial charge in [-0.05, 0) is 108 Å². The van der Waals surface area contributed by atoms with Crippen molar-refractivity contribution in [3.63, 3.8) is 0 Å². The summed E-state index contributed by atoms with van der Waals surface area (Å²) in [6.45, 7) is 19.4. The maximum absolute atomic E-state index is 14.7. The summed E-state index contributed by atoms with van der Waals surface area (Å²) in [4.78, 5) is 40.4. The van der Waals surface area contributed by atoms with Crippen LogP contribution in [-0.2, 0) is 33.3 Å². The Morgan fingerprint density at radius 1 is 0.919 bits per heavy atom. The van der Waals surface area contributed by atoms with E-state index in [1.807, 2.05) is 60.6 Å². The molecule has 6 rings (SSSR count). The number of aliphatic hydroxyl groups is 2. The molecule has 5 aliphatic rings. The molecule has 2 spiro atoms. The van der Waals surface area contributed by atoms with Crippen molar-refractivity contribution in [2.75, 3.05) is 0 Å². The van der Waals surface area contributed by atoms with Crippen molar-refractivity contribution in [2.45, 2.75) is 199 Å². The number of rotatable bonds is 14. The number of carbonyl (C=O) groups excluding carboxylic acids is 2. The zero-order valence-electron chi connectivity index (χ0n) is 38.6. The van der Waals surface area contributed by atoms with Crippen molar-refractivity contribution in [3.8, 4) is 0 Å². The van der Waals surface area contributed by atoms with Gasteiger partial charge in [0.25, 0.3) is 5.91 Å². The van der Waals surface area contributed by atoms with Crippen LogP contribution in [0.3, 0.4) is 0 Å². The second-order valence-electron chi connectivity index (χ2n) is 19.9. The highest BCUT2D eigenvalue weighted by Crippen LogP contribution is 2.54. The number of carboxylic acids is 1. The molecular weight excluding hydrogens is 798 g/mol. The third-order valence-corrected chi connectivity index (χ3v) is 15.9. The van der Waals surface area contributed by atoms with Crippen molar-refractivity contribution >= 4 is 17.7 Å². The molecule has 4 saturated heterocycles. The normalized spacial score (nSPS) is 41.0. The minimum absolute atomic E-state index is 0.0571. The Morgan fingerprint density at radius 2 is 1.63 bits per heavy atom. The van der Waals surface area contributed by atoms with Gasteiger partial charge < -0.3 is 44.3 Å². The van der Waals surface area contributed by atoms with E-state index in [1.165, 1.54) is 18.2 Å². The molecule has 12 nitrogen and oxygen atoms in total. The molecule has 5 heterocycles.